The Balaban J connectivity index is 2.94. The van der Waals surface area contributed by atoms with Crippen LogP contribution < -0.4 is 11.1 Å². The minimum atomic E-state index is -0.603. The summed E-state index contributed by atoms with van der Waals surface area (Å²) in [7, 11) is 0. The van der Waals surface area contributed by atoms with Crippen molar-refractivity contribution in [1.29, 1.82) is 0 Å². The Labute approximate surface area is 108 Å². The molecule has 18 heavy (non-hydrogen) atoms. The molecule has 0 saturated carbocycles. The molecule has 0 aliphatic rings. The minimum Gasteiger partial charge on any atom is -0.506 e. The van der Waals surface area contributed by atoms with Crippen molar-refractivity contribution in [1.82, 2.24) is 0 Å². The van der Waals surface area contributed by atoms with Crippen LogP contribution in [0.15, 0.2) is 18.2 Å². The van der Waals surface area contributed by atoms with E-state index in [1.54, 1.807) is 12.1 Å². The van der Waals surface area contributed by atoms with Crippen LogP contribution in [0.2, 0.25) is 0 Å². The molecular weight excluding hydrogens is 228 g/mol. The summed E-state index contributed by atoms with van der Waals surface area (Å²) in [6, 6.07) is 5.23. The number of nitrogens with one attached hydrogen (secondary N) is 1. The fourth-order valence-electron chi connectivity index (χ4n) is 1.57. The van der Waals surface area contributed by atoms with Gasteiger partial charge in [0, 0.05) is 6.54 Å². The summed E-state index contributed by atoms with van der Waals surface area (Å²) in [6.07, 6.45) is 1.51. The number of nitrogens with two attached hydrogens (primary N) is 1. The number of carbonyl (C=O) groups is 1. The summed E-state index contributed by atoms with van der Waals surface area (Å²) in [6.45, 7) is 6.05. The third-order valence-electron chi connectivity index (χ3n) is 3.50. The Hall–Kier alpha value is -1.55. The number of anilines is 1. The molecule has 1 unspecified atom stereocenters. The molecule has 4 nitrogen and oxygen atoms in total. The molecule has 4 heteroatoms. The maximum absolute atomic E-state index is 12.1. The first-order chi connectivity index (χ1) is 8.46. The van der Waals surface area contributed by atoms with Crippen LogP contribution in [0.4, 0.5) is 5.69 Å². The fourth-order valence-corrected chi connectivity index (χ4v) is 1.57. The smallest absolute Gasteiger partial charge is 0.231 e. The first kappa shape index (κ1) is 14.5. The van der Waals surface area contributed by atoms with E-state index in [1.807, 2.05) is 26.8 Å². The number of phenolic OH excluding ortho intramolecular Hbond substituents is 1. The fraction of sp³-hybridized carbons (Fsp3) is 0.500. The molecule has 0 aliphatic carbocycles. The van der Waals surface area contributed by atoms with Crippen LogP contribution in [-0.4, -0.2) is 17.6 Å². The summed E-state index contributed by atoms with van der Waals surface area (Å²) >= 11 is 0. The topological polar surface area (TPSA) is 75.3 Å². The van der Waals surface area contributed by atoms with Crippen molar-refractivity contribution >= 4 is 11.6 Å². The zero-order valence-electron chi connectivity index (χ0n) is 11.3. The first-order valence-electron chi connectivity index (χ1n) is 6.30. The minimum absolute atomic E-state index is 0.0797. The number of aromatic hydroxyl groups is 1. The van der Waals surface area contributed by atoms with Gasteiger partial charge in [0.1, 0.15) is 5.75 Å². The molecule has 1 aromatic rings. The third-order valence-corrected chi connectivity index (χ3v) is 3.50. The lowest BCUT2D eigenvalue weighted by Gasteiger charge is -2.25. The monoisotopic (exact) mass is 250 g/mol. The largest absolute Gasteiger partial charge is 0.506 e. The van der Waals surface area contributed by atoms with Crippen molar-refractivity contribution in [2.24, 2.45) is 11.1 Å². The average Bonchev–Trinajstić information content (AvgIpc) is 2.40. The van der Waals surface area contributed by atoms with Crippen molar-refractivity contribution < 1.29 is 9.90 Å². The van der Waals surface area contributed by atoms with Crippen LogP contribution in [0.5, 0.6) is 5.75 Å². The van der Waals surface area contributed by atoms with Crippen LogP contribution in [0.3, 0.4) is 0 Å². The SMILES string of the molecule is CCc1ccc(O)c(NC(=O)C(C)(CC)CN)c1. The lowest BCUT2D eigenvalue weighted by molar-refractivity contribution is -0.124. The highest BCUT2D eigenvalue weighted by Gasteiger charge is 2.30. The van der Waals surface area contributed by atoms with Crippen LogP contribution in [0.25, 0.3) is 0 Å². The Morgan fingerprint density at radius 2 is 2.11 bits per heavy atom. The Bertz CT molecular complexity index is 426. The number of hydrogen-bond acceptors (Lipinski definition) is 3. The van der Waals surface area contributed by atoms with Gasteiger partial charge < -0.3 is 16.2 Å². The summed E-state index contributed by atoms with van der Waals surface area (Å²) in [5, 5.41) is 12.5. The normalized spacial score (nSPS) is 14.0. The van der Waals surface area contributed by atoms with Crippen LogP contribution in [-0.2, 0) is 11.2 Å². The van der Waals surface area contributed by atoms with Gasteiger partial charge >= 0.3 is 0 Å². The van der Waals surface area contributed by atoms with Gasteiger partial charge in [-0.25, -0.2) is 0 Å². The van der Waals surface area contributed by atoms with Crippen molar-refractivity contribution in [3.05, 3.63) is 23.8 Å². The number of aryl methyl sites for hydroxylation is 1. The average molecular weight is 250 g/mol. The van der Waals surface area contributed by atoms with Crippen LogP contribution in [0, 0.1) is 5.41 Å². The molecule has 0 aliphatic heterocycles. The second kappa shape index (κ2) is 5.87. The molecule has 0 spiro atoms. The Kier molecular flexibility index (Phi) is 4.73. The number of phenols is 1. The molecule has 0 heterocycles. The van der Waals surface area contributed by atoms with E-state index in [-0.39, 0.29) is 18.2 Å². The van der Waals surface area contributed by atoms with Crippen LogP contribution >= 0.6 is 0 Å². The molecule has 0 bridgehead atoms. The van der Waals surface area contributed by atoms with Gasteiger partial charge in [0.2, 0.25) is 5.91 Å². The van der Waals surface area contributed by atoms with Gasteiger partial charge in [-0.15, -0.1) is 0 Å². The Morgan fingerprint density at radius 1 is 1.44 bits per heavy atom. The molecule has 1 amide bonds. The van der Waals surface area contributed by atoms with E-state index < -0.39 is 5.41 Å². The van der Waals surface area contributed by atoms with Gasteiger partial charge in [-0.05, 0) is 37.5 Å². The van der Waals surface area contributed by atoms with E-state index in [4.69, 9.17) is 5.73 Å². The summed E-state index contributed by atoms with van der Waals surface area (Å²) < 4.78 is 0. The highest BCUT2D eigenvalue weighted by Crippen LogP contribution is 2.28. The van der Waals surface area contributed by atoms with Crippen LogP contribution in [0.1, 0.15) is 32.8 Å². The highest BCUT2D eigenvalue weighted by atomic mass is 16.3. The van der Waals surface area contributed by atoms with Gasteiger partial charge in [-0.1, -0.05) is 19.9 Å². The van der Waals surface area contributed by atoms with Crippen molar-refractivity contribution in [2.45, 2.75) is 33.6 Å². The van der Waals surface area contributed by atoms with Crippen molar-refractivity contribution in [2.75, 3.05) is 11.9 Å². The Morgan fingerprint density at radius 3 is 2.61 bits per heavy atom. The summed E-state index contributed by atoms with van der Waals surface area (Å²) in [4.78, 5) is 12.1. The summed E-state index contributed by atoms with van der Waals surface area (Å²) in [5.41, 5.74) is 6.56. The van der Waals surface area contributed by atoms with E-state index in [0.29, 0.717) is 12.1 Å². The zero-order chi connectivity index (χ0) is 13.8. The van der Waals surface area contributed by atoms with E-state index in [0.717, 1.165) is 12.0 Å². The molecule has 1 aromatic carbocycles. The zero-order valence-corrected chi connectivity index (χ0v) is 11.3. The first-order valence-corrected chi connectivity index (χ1v) is 6.30. The van der Waals surface area contributed by atoms with Gasteiger partial charge in [-0.2, -0.15) is 0 Å². The van der Waals surface area contributed by atoms with Crippen molar-refractivity contribution in [3.63, 3.8) is 0 Å². The molecular formula is C14H22N2O2. The molecule has 1 rings (SSSR count). The number of carbonyl (C=O) groups excluding carboxylic acids is 1. The molecule has 0 aromatic heterocycles. The maximum Gasteiger partial charge on any atom is 0.231 e. The highest BCUT2D eigenvalue weighted by molar-refractivity contribution is 5.96. The molecule has 1 atom stereocenters. The van der Waals surface area contributed by atoms with Gasteiger partial charge in [0.25, 0.3) is 0 Å². The van der Waals surface area contributed by atoms with E-state index >= 15 is 0 Å². The molecule has 4 N–H and O–H groups in total. The predicted molar refractivity (Wildman–Crippen MR) is 73.6 cm³/mol. The lowest BCUT2D eigenvalue weighted by Crippen LogP contribution is -2.39. The van der Waals surface area contributed by atoms with E-state index in [1.165, 1.54) is 0 Å². The van der Waals surface area contributed by atoms with E-state index in [9.17, 15) is 9.90 Å². The maximum atomic E-state index is 12.1. The molecule has 0 saturated heterocycles. The summed E-state index contributed by atoms with van der Waals surface area (Å²) in [5.74, 6) is -0.0768. The number of benzene rings is 1. The quantitative estimate of drug-likeness (QED) is 0.702. The number of hydrogen-bond donors (Lipinski definition) is 3. The van der Waals surface area contributed by atoms with Gasteiger partial charge in [0.15, 0.2) is 0 Å². The standard InChI is InChI=1S/C14H22N2O2/c1-4-10-6-7-12(17)11(8-10)16-13(18)14(3,5-2)9-15/h6-8,17H,4-5,9,15H2,1-3H3,(H,16,18). The van der Waals surface area contributed by atoms with Gasteiger partial charge in [0.05, 0.1) is 11.1 Å². The number of rotatable bonds is 5. The number of amides is 1. The third kappa shape index (κ3) is 3.01. The van der Waals surface area contributed by atoms with E-state index in [2.05, 4.69) is 5.32 Å². The lowest BCUT2D eigenvalue weighted by atomic mass is 9.86. The molecule has 0 radical (unpaired) electrons. The second-order valence-corrected chi connectivity index (χ2v) is 4.78. The second-order valence-electron chi connectivity index (χ2n) is 4.78. The molecule has 100 valence electrons. The van der Waals surface area contributed by atoms with Gasteiger partial charge in [-0.3, -0.25) is 4.79 Å². The predicted octanol–water partition coefficient (Wildman–Crippen LogP) is 2.27. The van der Waals surface area contributed by atoms with Crippen molar-refractivity contribution in [3.8, 4) is 5.75 Å². The molecule has 0 fully saturated rings.